The van der Waals surface area contributed by atoms with E-state index in [-0.39, 0.29) is 0 Å². The second kappa shape index (κ2) is 6.97. The Labute approximate surface area is 130 Å². The van der Waals surface area contributed by atoms with Crippen molar-refractivity contribution in [1.29, 1.82) is 0 Å². The summed E-state index contributed by atoms with van der Waals surface area (Å²) in [6.07, 6.45) is 9.77. The Hall–Kier alpha value is -0.120. The summed E-state index contributed by atoms with van der Waals surface area (Å²) in [6.45, 7) is 10.5. The lowest BCUT2D eigenvalue weighted by Crippen LogP contribution is -2.64. The summed E-state index contributed by atoms with van der Waals surface area (Å²) in [7, 11) is 0. The number of ether oxygens (including phenoxy) is 1. The zero-order valence-corrected chi connectivity index (χ0v) is 14.1. The topological polar surface area (TPSA) is 24.5 Å². The predicted molar refractivity (Wildman–Crippen MR) is 87.6 cm³/mol. The SMILES string of the molecule is CC1(C)CNC(C2CCCCC2)CN1CC1CCOCC1. The summed E-state index contributed by atoms with van der Waals surface area (Å²) in [6, 6.07) is 0.734. The normalized spacial score (nSPS) is 33.1. The molecule has 2 aliphatic heterocycles. The van der Waals surface area contributed by atoms with Gasteiger partial charge < -0.3 is 10.1 Å². The number of hydrogen-bond acceptors (Lipinski definition) is 3. The first kappa shape index (κ1) is 15.8. The third kappa shape index (κ3) is 4.00. The highest BCUT2D eigenvalue weighted by atomic mass is 16.5. The van der Waals surface area contributed by atoms with Gasteiger partial charge in [0.05, 0.1) is 0 Å². The summed E-state index contributed by atoms with van der Waals surface area (Å²) in [4.78, 5) is 2.79. The van der Waals surface area contributed by atoms with Crippen LogP contribution in [-0.2, 0) is 4.74 Å². The Morgan fingerprint density at radius 2 is 1.76 bits per heavy atom. The summed E-state index contributed by atoms with van der Waals surface area (Å²) in [5, 5.41) is 3.88. The van der Waals surface area contributed by atoms with Crippen molar-refractivity contribution in [3.8, 4) is 0 Å². The van der Waals surface area contributed by atoms with Gasteiger partial charge in [-0.25, -0.2) is 0 Å². The average molecular weight is 294 g/mol. The molecule has 0 spiro atoms. The van der Waals surface area contributed by atoms with Crippen molar-refractivity contribution < 1.29 is 4.74 Å². The quantitative estimate of drug-likeness (QED) is 0.866. The summed E-state index contributed by atoms with van der Waals surface area (Å²) in [5.74, 6) is 1.77. The maximum Gasteiger partial charge on any atom is 0.0469 e. The highest BCUT2D eigenvalue weighted by Crippen LogP contribution is 2.31. The third-order valence-corrected chi connectivity index (χ3v) is 6.11. The molecule has 2 heterocycles. The van der Waals surface area contributed by atoms with Gasteiger partial charge in [-0.05, 0) is 51.4 Å². The van der Waals surface area contributed by atoms with Crippen LogP contribution in [-0.4, -0.2) is 49.3 Å². The average Bonchev–Trinajstić information content (AvgIpc) is 2.51. The maximum absolute atomic E-state index is 5.53. The molecule has 0 aromatic heterocycles. The number of nitrogens with one attached hydrogen (secondary N) is 1. The first-order valence-corrected chi connectivity index (χ1v) is 9.21. The molecule has 0 aromatic rings. The van der Waals surface area contributed by atoms with E-state index in [2.05, 4.69) is 24.1 Å². The molecule has 3 rings (SSSR count). The minimum absolute atomic E-state index is 0.309. The molecule has 1 atom stereocenters. The van der Waals surface area contributed by atoms with E-state index >= 15 is 0 Å². The van der Waals surface area contributed by atoms with E-state index in [0.717, 1.165) is 37.6 Å². The van der Waals surface area contributed by atoms with Crippen LogP contribution in [0.25, 0.3) is 0 Å². The molecule has 2 saturated heterocycles. The lowest BCUT2D eigenvalue weighted by molar-refractivity contribution is 0.00287. The van der Waals surface area contributed by atoms with Crippen molar-refractivity contribution in [2.45, 2.75) is 70.4 Å². The van der Waals surface area contributed by atoms with Gasteiger partial charge >= 0.3 is 0 Å². The molecule has 0 amide bonds. The molecule has 1 N–H and O–H groups in total. The molecule has 1 aliphatic carbocycles. The van der Waals surface area contributed by atoms with Gasteiger partial charge in [0.15, 0.2) is 0 Å². The van der Waals surface area contributed by atoms with Gasteiger partial charge in [0.25, 0.3) is 0 Å². The molecule has 3 fully saturated rings. The van der Waals surface area contributed by atoms with Crippen molar-refractivity contribution in [1.82, 2.24) is 10.2 Å². The Morgan fingerprint density at radius 3 is 2.48 bits per heavy atom. The van der Waals surface area contributed by atoms with Gasteiger partial charge in [-0.1, -0.05) is 19.3 Å². The van der Waals surface area contributed by atoms with Crippen LogP contribution in [0.3, 0.4) is 0 Å². The van der Waals surface area contributed by atoms with Crippen LogP contribution >= 0.6 is 0 Å². The predicted octanol–water partition coefficient (Wildman–Crippen LogP) is 3.05. The molecule has 3 nitrogen and oxygen atoms in total. The van der Waals surface area contributed by atoms with E-state index in [1.165, 1.54) is 58.0 Å². The molecule has 21 heavy (non-hydrogen) atoms. The molecule has 3 aliphatic rings. The van der Waals surface area contributed by atoms with Gasteiger partial charge in [-0.2, -0.15) is 0 Å². The summed E-state index contributed by atoms with van der Waals surface area (Å²) in [5.41, 5.74) is 0.309. The van der Waals surface area contributed by atoms with E-state index in [0.29, 0.717) is 5.54 Å². The van der Waals surface area contributed by atoms with Gasteiger partial charge in [-0.15, -0.1) is 0 Å². The lowest BCUT2D eigenvalue weighted by Gasteiger charge is -2.50. The molecular formula is C18H34N2O. The molecule has 122 valence electrons. The number of rotatable bonds is 3. The zero-order chi connectivity index (χ0) is 14.7. The largest absolute Gasteiger partial charge is 0.381 e. The minimum Gasteiger partial charge on any atom is -0.381 e. The van der Waals surface area contributed by atoms with Gasteiger partial charge in [-0.3, -0.25) is 4.90 Å². The molecule has 3 heteroatoms. The van der Waals surface area contributed by atoms with Crippen molar-refractivity contribution in [3.05, 3.63) is 0 Å². The van der Waals surface area contributed by atoms with Crippen LogP contribution in [0.4, 0.5) is 0 Å². The molecule has 0 radical (unpaired) electrons. The highest BCUT2D eigenvalue weighted by Gasteiger charge is 2.38. The van der Waals surface area contributed by atoms with E-state index in [9.17, 15) is 0 Å². The van der Waals surface area contributed by atoms with Crippen molar-refractivity contribution in [3.63, 3.8) is 0 Å². The number of nitrogens with zero attached hydrogens (tertiary/aromatic N) is 1. The number of piperazine rings is 1. The van der Waals surface area contributed by atoms with E-state index in [4.69, 9.17) is 4.74 Å². The highest BCUT2D eigenvalue weighted by molar-refractivity contribution is 4.96. The Morgan fingerprint density at radius 1 is 1.05 bits per heavy atom. The smallest absolute Gasteiger partial charge is 0.0469 e. The number of hydrogen-bond donors (Lipinski definition) is 1. The zero-order valence-electron chi connectivity index (χ0n) is 14.1. The molecule has 1 unspecified atom stereocenters. The van der Waals surface area contributed by atoms with Crippen LogP contribution in [0.1, 0.15) is 58.8 Å². The molecule has 0 aromatic carbocycles. The van der Waals surface area contributed by atoms with Crippen LogP contribution in [0, 0.1) is 11.8 Å². The fraction of sp³-hybridized carbons (Fsp3) is 1.00. The van der Waals surface area contributed by atoms with Crippen LogP contribution < -0.4 is 5.32 Å². The van der Waals surface area contributed by atoms with Crippen molar-refractivity contribution in [2.24, 2.45) is 11.8 Å². The summed E-state index contributed by atoms with van der Waals surface area (Å²) < 4.78 is 5.53. The van der Waals surface area contributed by atoms with E-state index in [1.54, 1.807) is 0 Å². The van der Waals surface area contributed by atoms with Crippen molar-refractivity contribution >= 4 is 0 Å². The fourth-order valence-corrected chi connectivity index (χ4v) is 4.46. The van der Waals surface area contributed by atoms with Crippen LogP contribution in [0.15, 0.2) is 0 Å². The monoisotopic (exact) mass is 294 g/mol. The van der Waals surface area contributed by atoms with Crippen LogP contribution in [0.2, 0.25) is 0 Å². The fourth-order valence-electron chi connectivity index (χ4n) is 4.46. The lowest BCUT2D eigenvalue weighted by atomic mass is 9.81. The second-order valence-corrected chi connectivity index (χ2v) is 8.16. The molecule has 0 bridgehead atoms. The van der Waals surface area contributed by atoms with Gasteiger partial charge in [0.2, 0.25) is 0 Å². The van der Waals surface area contributed by atoms with Crippen LogP contribution in [0.5, 0.6) is 0 Å². The van der Waals surface area contributed by atoms with Gasteiger partial charge in [0.1, 0.15) is 0 Å². The van der Waals surface area contributed by atoms with Gasteiger partial charge in [0, 0.05) is 44.4 Å². The Kier molecular flexibility index (Phi) is 5.23. The summed E-state index contributed by atoms with van der Waals surface area (Å²) >= 11 is 0. The molecular weight excluding hydrogens is 260 g/mol. The first-order valence-electron chi connectivity index (χ1n) is 9.21. The Balaban J connectivity index is 1.58. The Bertz CT molecular complexity index is 319. The standard InChI is InChI=1S/C18H34N2O/c1-18(2)14-19-17(16-6-4-3-5-7-16)13-20(18)12-15-8-10-21-11-9-15/h15-17,19H,3-14H2,1-2H3. The first-order chi connectivity index (χ1) is 10.1. The molecule has 1 saturated carbocycles. The third-order valence-electron chi connectivity index (χ3n) is 6.11. The van der Waals surface area contributed by atoms with E-state index < -0.39 is 0 Å². The van der Waals surface area contributed by atoms with Crippen molar-refractivity contribution in [2.75, 3.05) is 32.8 Å². The second-order valence-electron chi connectivity index (χ2n) is 8.16. The van der Waals surface area contributed by atoms with E-state index in [1.807, 2.05) is 0 Å². The maximum atomic E-state index is 5.53. The minimum atomic E-state index is 0.309.